The SMILES string of the molecule is Cc1noc(C(C)C)c1C(=O)N1CCc2ccc([N+](=O)[O-])cc21. The van der Waals surface area contributed by atoms with Gasteiger partial charge in [0, 0.05) is 24.6 Å². The van der Waals surface area contributed by atoms with Crippen molar-refractivity contribution < 1.29 is 14.2 Å². The number of nitrogens with zero attached hydrogens (tertiary/aromatic N) is 3. The van der Waals surface area contributed by atoms with Crippen LogP contribution in [0.1, 0.15) is 47.1 Å². The molecule has 3 rings (SSSR count). The van der Waals surface area contributed by atoms with Gasteiger partial charge in [-0.1, -0.05) is 25.1 Å². The number of hydrogen-bond donors (Lipinski definition) is 0. The van der Waals surface area contributed by atoms with Crippen LogP contribution in [-0.2, 0) is 6.42 Å². The number of non-ortho nitro benzene ring substituents is 1. The van der Waals surface area contributed by atoms with Gasteiger partial charge in [0.25, 0.3) is 11.6 Å². The van der Waals surface area contributed by atoms with Gasteiger partial charge in [-0.2, -0.15) is 0 Å². The Morgan fingerprint density at radius 1 is 1.43 bits per heavy atom. The highest BCUT2D eigenvalue weighted by Gasteiger charge is 2.32. The Bertz CT molecular complexity index is 795. The van der Waals surface area contributed by atoms with Crippen LogP contribution in [0.4, 0.5) is 11.4 Å². The average molecular weight is 315 g/mol. The second-order valence-corrected chi connectivity index (χ2v) is 5.94. The third kappa shape index (κ3) is 2.48. The van der Waals surface area contributed by atoms with Crippen LogP contribution < -0.4 is 4.90 Å². The Hall–Kier alpha value is -2.70. The number of amides is 1. The highest BCUT2D eigenvalue weighted by Crippen LogP contribution is 2.34. The summed E-state index contributed by atoms with van der Waals surface area (Å²) in [7, 11) is 0. The van der Waals surface area contributed by atoms with Crippen molar-refractivity contribution in [2.75, 3.05) is 11.4 Å². The number of fused-ring (bicyclic) bond motifs is 1. The molecule has 7 heteroatoms. The van der Waals surface area contributed by atoms with E-state index >= 15 is 0 Å². The van der Waals surface area contributed by atoms with Gasteiger partial charge in [0.15, 0.2) is 5.76 Å². The van der Waals surface area contributed by atoms with Gasteiger partial charge in [-0.05, 0) is 18.9 Å². The molecule has 1 aromatic carbocycles. The zero-order chi connectivity index (χ0) is 16.7. The van der Waals surface area contributed by atoms with E-state index in [9.17, 15) is 14.9 Å². The van der Waals surface area contributed by atoms with E-state index in [0.29, 0.717) is 35.7 Å². The lowest BCUT2D eigenvalue weighted by Gasteiger charge is -2.17. The highest BCUT2D eigenvalue weighted by atomic mass is 16.6. The molecule has 0 atom stereocenters. The first-order chi connectivity index (χ1) is 10.9. The minimum absolute atomic E-state index is 0.0189. The molecule has 0 aliphatic carbocycles. The van der Waals surface area contributed by atoms with Gasteiger partial charge in [0.05, 0.1) is 16.3 Å². The smallest absolute Gasteiger partial charge is 0.271 e. The van der Waals surface area contributed by atoms with E-state index in [1.165, 1.54) is 12.1 Å². The third-order valence-corrected chi connectivity index (χ3v) is 4.05. The molecule has 0 saturated heterocycles. The highest BCUT2D eigenvalue weighted by molar-refractivity contribution is 6.08. The molecule has 0 unspecified atom stereocenters. The molecule has 120 valence electrons. The lowest BCUT2D eigenvalue weighted by atomic mass is 10.0. The summed E-state index contributed by atoms with van der Waals surface area (Å²) in [5.74, 6) is 0.361. The molecule has 1 aliphatic heterocycles. The molecule has 1 aromatic heterocycles. The number of carbonyl (C=O) groups is 1. The summed E-state index contributed by atoms with van der Waals surface area (Å²) in [4.78, 5) is 25.1. The zero-order valence-corrected chi connectivity index (χ0v) is 13.2. The molecule has 0 spiro atoms. The number of nitro groups is 1. The molecule has 0 bridgehead atoms. The first-order valence-electron chi connectivity index (χ1n) is 7.45. The van der Waals surface area contributed by atoms with Crippen molar-refractivity contribution in [1.29, 1.82) is 0 Å². The van der Waals surface area contributed by atoms with Crippen LogP contribution in [0.15, 0.2) is 22.7 Å². The number of rotatable bonds is 3. The van der Waals surface area contributed by atoms with Crippen LogP contribution in [0.2, 0.25) is 0 Å². The molecule has 1 aliphatic rings. The van der Waals surface area contributed by atoms with E-state index in [-0.39, 0.29) is 17.5 Å². The molecular weight excluding hydrogens is 298 g/mol. The summed E-state index contributed by atoms with van der Waals surface area (Å²) >= 11 is 0. The fourth-order valence-electron chi connectivity index (χ4n) is 2.87. The Kier molecular flexibility index (Phi) is 3.63. The van der Waals surface area contributed by atoms with Crippen molar-refractivity contribution in [2.24, 2.45) is 0 Å². The first kappa shape index (κ1) is 15.2. The van der Waals surface area contributed by atoms with Crippen molar-refractivity contribution in [1.82, 2.24) is 5.16 Å². The van der Waals surface area contributed by atoms with Crippen molar-refractivity contribution >= 4 is 17.3 Å². The molecule has 7 nitrogen and oxygen atoms in total. The predicted octanol–water partition coefficient (Wildman–Crippen LogP) is 3.22. The van der Waals surface area contributed by atoms with Crippen molar-refractivity contribution in [3.05, 3.63) is 50.9 Å². The first-order valence-corrected chi connectivity index (χ1v) is 7.45. The zero-order valence-electron chi connectivity index (χ0n) is 13.2. The van der Waals surface area contributed by atoms with E-state index in [1.54, 1.807) is 17.9 Å². The maximum atomic E-state index is 13.0. The summed E-state index contributed by atoms with van der Waals surface area (Å²) in [5.41, 5.74) is 2.51. The summed E-state index contributed by atoms with van der Waals surface area (Å²) in [6.45, 7) is 6.09. The normalized spacial score (nSPS) is 13.5. The predicted molar refractivity (Wildman–Crippen MR) is 83.8 cm³/mol. The van der Waals surface area contributed by atoms with Gasteiger partial charge in [-0.15, -0.1) is 0 Å². The molecule has 0 fully saturated rings. The number of anilines is 1. The Morgan fingerprint density at radius 2 is 2.17 bits per heavy atom. The number of benzene rings is 1. The van der Waals surface area contributed by atoms with Crippen molar-refractivity contribution in [3.8, 4) is 0 Å². The number of carbonyl (C=O) groups excluding carboxylic acids is 1. The second-order valence-electron chi connectivity index (χ2n) is 5.94. The number of nitro benzene ring substituents is 1. The maximum Gasteiger partial charge on any atom is 0.271 e. The molecular formula is C16H17N3O4. The van der Waals surface area contributed by atoms with Crippen molar-refractivity contribution in [2.45, 2.75) is 33.1 Å². The number of aryl methyl sites for hydroxylation is 1. The molecule has 0 N–H and O–H groups in total. The molecule has 1 amide bonds. The van der Waals surface area contributed by atoms with Crippen LogP contribution in [0.3, 0.4) is 0 Å². The maximum absolute atomic E-state index is 13.0. The molecule has 23 heavy (non-hydrogen) atoms. The molecule has 0 radical (unpaired) electrons. The van der Waals surface area contributed by atoms with Gasteiger partial charge < -0.3 is 9.42 Å². The fraction of sp³-hybridized carbons (Fsp3) is 0.375. The van der Waals surface area contributed by atoms with E-state index in [2.05, 4.69) is 5.16 Å². The summed E-state index contributed by atoms with van der Waals surface area (Å²) in [6.07, 6.45) is 0.681. The Morgan fingerprint density at radius 3 is 2.83 bits per heavy atom. The van der Waals surface area contributed by atoms with E-state index in [4.69, 9.17) is 4.52 Å². The Balaban J connectivity index is 2.03. The van der Waals surface area contributed by atoms with Crippen LogP contribution >= 0.6 is 0 Å². The molecule has 2 aromatic rings. The standard InChI is InChI=1S/C16H17N3O4/c1-9(2)15-14(10(3)17-23-15)16(20)18-7-6-11-4-5-12(19(21)22)8-13(11)18/h4-5,8-9H,6-7H2,1-3H3. The fourth-order valence-corrected chi connectivity index (χ4v) is 2.87. The van der Waals surface area contributed by atoms with E-state index in [0.717, 1.165) is 5.56 Å². The van der Waals surface area contributed by atoms with Crippen LogP contribution in [0.5, 0.6) is 0 Å². The average Bonchev–Trinajstić information content (AvgIpc) is 3.09. The monoisotopic (exact) mass is 315 g/mol. The van der Waals surface area contributed by atoms with Gasteiger partial charge in [0.2, 0.25) is 0 Å². The van der Waals surface area contributed by atoms with Crippen LogP contribution in [0.25, 0.3) is 0 Å². The summed E-state index contributed by atoms with van der Waals surface area (Å²) < 4.78 is 5.28. The topological polar surface area (TPSA) is 89.5 Å². The lowest BCUT2D eigenvalue weighted by molar-refractivity contribution is -0.384. The Labute approximate surface area is 133 Å². The second kappa shape index (κ2) is 5.49. The summed E-state index contributed by atoms with van der Waals surface area (Å²) in [6, 6.07) is 4.64. The summed E-state index contributed by atoms with van der Waals surface area (Å²) in [5, 5.41) is 14.9. The van der Waals surface area contributed by atoms with E-state index in [1.807, 2.05) is 13.8 Å². The minimum Gasteiger partial charge on any atom is -0.360 e. The van der Waals surface area contributed by atoms with Gasteiger partial charge in [0.1, 0.15) is 5.56 Å². The van der Waals surface area contributed by atoms with Gasteiger partial charge in [-0.25, -0.2) is 0 Å². The third-order valence-electron chi connectivity index (χ3n) is 4.05. The minimum atomic E-state index is -0.453. The van der Waals surface area contributed by atoms with Gasteiger partial charge in [-0.3, -0.25) is 14.9 Å². The quantitative estimate of drug-likeness (QED) is 0.641. The molecule has 0 saturated carbocycles. The van der Waals surface area contributed by atoms with E-state index < -0.39 is 4.92 Å². The van der Waals surface area contributed by atoms with Crippen molar-refractivity contribution in [3.63, 3.8) is 0 Å². The lowest BCUT2D eigenvalue weighted by Crippen LogP contribution is -2.30. The van der Waals surface area contributed by atoms with Crippen LogP contribution in [0, 0.1) is 17.0 Å². The number of hydrogen-bond acceptors (Lipinski definition) is 5. The largest absolute Gasteiger partial charge is 0.360 e. The number of aromatic nitrogens is 1. The molecule has 2 heterocycles. The van der Waals surface area contributed by atoms with Crippen LogP contribution in [-0.4, -0.2) is 22.5 Å². The van der Waals surface area contributed by atoms with Gasteiger partial charge >= 0.3 is 0 Å².